The normalized spacial score (nSPS) is 13.0. The molecule has 0 aliphatic heterocycles. The molecule has 120 valence electrons. The van der Waals surface area contributed by atoms with E-state index in [2.05, 4.69) is 39.1 Å². The first-order valence-corrected chi connectivity index (χ1v) is 7.52. The maximum atomic E-state index is 5.98. The van der Waals surface area contributed by atoms with Crippen LogP contribution in [-0.4, -0.2) is 33.0 Å². The van der Waals surface area contributed by atoms with Gasteiger partial charge in [-0.15, -0.1) is 0 Å². The molecule has 0 saturated carbocycles. The van der Waals surface area contributed by atoms with Crippen molar-refractivity contribution in [3.05, 3.63) is 23.8 Å². The maximum absolute atomic E-state index is 5.98. The summed E-state index contributed by atoms with van der Waals surface area (Å²) in [5, 5.41) is 3.41. The van der Waals surface area contributed by atoms with E-state index in [0.29, 0.717) is 6.61 Å². The lowest BCUT2D eigenvalue weighted by atomic mass is 10.1. The smallest absolute Gasteiger partial charge is 0.127 e. The summed E-state index contributed by atoms with van der Waals surface area (Å²) in [5.41, 5.74) is 0.972. The molecule has 0 saturated heterocycles. The van der Waals surface area contributed by atoms with Crippen molar-refractivity contribution < 1.29 is 14.2 Å². The lowest BCUT2D eigenvalue weighted by Crippen LogP contribution is -2.25. The van der Waals surface area contributed by atoms with Crippen LogP contribution in [0.2, 0.25) is 0 Å². The van der Waals surface area contributed by atoms with Gasteiger partial charge in [-0.2, -0.15) is 0 Å². The van der Waals surface area contributed by atoms with Crippen LogP contribution in [0, 0.1) is 0 Å². The van der Waals surface area contributed by atoms with Crippen LogP contribution in [0.3, 0.4) is 0 Å². The summed E-state index contributed by atoms with van der Waals surface area (Å²) in [4.78, 5) is 0. The van der Waals surface area contributed by atoms with Crippen LogP contribution in [0.5, 0.6) is 11.5 Å². The van der Waals surface area contributed by atoms with Gasteiger partial charge in [-0.25, -0.2) is 0 Å². The Morgan fingerprint density at radius 3 is 2.52 bits per heavy atom. The van der Waals surface area contributed by atoms with Crippen LogP contribution < -0.4 is 14.8 Å². The van der Waals surface area contributed by atoms with Gasteiger partial charge in [0.05, 0.1) is 19.3 Å². The molecule has 0 aliphatic rings. The summed E-state index contributed by atoms with van der Waals surface area (Å²) < 4.78 is 16.7. The molecule has 1 rings (SSSR count). The van der Waals surface area contributed by atoms with Gasteiger partial charge < -0.3 is 19.5 Å². The highest BCUT2D eigenvalue weighted by molar-refractivity contribution is 5.42. The van der Waals surface area contributed by atoms with E-state index in [1.165, 1.54) is 0 Å². The van der Waals surface area contributed by atoms with Crippen LogP contribution >= 0.6 is 0 Å². The van der Waals surface area contributed by atoms with Crippen molar-refractivity contribution in [3.8, 4) is 11.5 Å². The van der Waals surface area contributed by atoms with Gasteiger partial charge in [0.2, 0.25) is 0 Å². The van der Waals surface area contributed by atoms with E-state index in [1.54, 1.807) is 14.2 Å². The first kappa shape index (κ1) is 17.8. The standard InChI is InChI=1S/C17H29NO3/c1-7-18-13(2)15-9-8-14(19-5)12-16(15)21-11-10-17(3,4)20-6/h8-9,12-13,18H,7,10-11H2,1-6H3. The molecule has 1 N–H and O–H groups in total. The maximum Gasteiger partial charge on any atom is 0.127 e. The van der Waals surface area contributed by atoms with Crippen molar-refractivity contribution >= 4 is 0 Å². The van der Waals surface area contributed by atoms with Gasteiger partial charge in [0, 0.05) is 31.2 Å². The minimum atomic E-state index is -0.174. The van der Waals surface area contributed by atoms with Gasteiger partial charge >= 0.3 is 0 Å². The molecule has 1 aromatic rings. The molecule has 4 nitrogen and oxygen atoms in total. The number of hydrogen-bond acceptors (Lipinski definition) is 4. The molecule has 0 amide bonds. The van der Waals surface area contributed by atoms with Gasteiger partial charge in [0.1, 0.15) is 11.5 Å². The SMILES string of the molecule is CCNC(C)c1ccc(OC)cc1OCCC(C)(C)OC. The van der Waals surface area contributed by atoms with Crippen molar-refractivity contribution in [2.45, 2.75) is 45.8 Å². The van der Waals surface area contributed by atoms with E-state index in [-0.39, 0.29) is 11.6 Å². The summed E-state index contributed by atoms with van der Waals surface area (Å²) in [6.07, 6.45) is 0.829. The Balaban J connectivity index is 2.81. The van der Waals surface area contributed by atoms with E-state index in [0.717, 1.165) is 30.0 Å². The summed E-state index contributed by atoms with van der Waals surface area (Å²) in [6.45, 7) is 9.89. The third-order valence-corrected chi connectivity index (χ3v) is 3.71. The molecule has 0 fully saturated rings. The summed E-state index contributed by atoms with van der Waals surface area (Å²) in [6, 6.07) is 6.22. The largest absolute Gasteiger partial charge is 0.497 e. The molecule has 0 aromatic heterocycles. The Kier molecular flexibility index (Phi) is 6.99. The Hall–Kier alpha value is -1.26. The fraction of sp³-hybridized carbons (Fsp3) is 0.647. The van der Waals surface area contributed by atoms with Crippen LogP contribution in [0.4, 0.5) is 0 Å². The minimum absolute atomic E-state index is 0.174. The number of benzene rings is 1. The first-order chi connectivity index (χ1) is 9.93. The topological polar surface area (TPSA) is 39.7 Å². The highest BCUT2D eigenvalue weighted by Gasteiger charge is 2.17. The van der Waals surface area contributed by atoms with E-state index in [1.807, 2.05) is 12.1 Å². The fourth-order valence-electron chi connectivity index (χ4n) is 2.05. The number of hydrogen-bond donors (Lipinski definition) is 1. The molecular formula is C17H29NO3. The third kappa shape index (κ3) is 5.56. The molecule has 1 atom stereocenters. The summed E-state index contributed by atoms with van der Waals surface area (Å²) in [5.74, 6) is 1.68. The molecule has 4 heteroatoms. The second-order valence-electron chi connectivity index (χ2n) is 5.75. The molecule has 0 heterocycles. The monoisotopic (exact) mass is 295 g/mol. The van der Waals surface area contributed by atoms with Crippen molar-refractivity contribution in [1.29, 1.82) is 0 Å². The Labute approximate surface area is 128 Å². The molecule has 0 spiro atoms. The van der Waals surface area contributed by atoms with Crippen LogP contribution in [0.25, 0.3) is 0 Å². The zero-order valence-corrected chi connectivity index (χ0v) is 14.2. The van der Waals surface area contributed by atoms with Crippen molar-refractivity contribution in [2.75, 3.05) is 27.4 Å². The van der Waals surface area contributed by atoms with Crippen molar-refractivity contribution in [2.24, 2.45) is 0 Å². The number of nitrogens with one attached hydrogen (secondary N) is 1. The molecule has 1 aromatic carbocycles. The third-order valence-electron chi connectivity index (χ3n) is 3.71. The second-order valence-corrected chi connectivity index (χ2v) is 5.75. The van der Waals surface area contributed by atoms with Gasteiger partial charge in [-0.1, -0.05) is 13.0 Å². The van der Waals surface area contributed by atoms with Gasteiger partial charge in [0.25, 0.3) is 0 Å². The van der Waals surface area contributed by atoms with E-state index in [9.17, 15) is 0 Å². The van der Waals surface area contributed by atoms with Crippen LogP contribution in [-0.2, 0) is 4.74 Å². The Bertz CT molecular complexity index is 432. The molecule has 0 bridgehead atoms. The van der Waals surface area contributed by atoms with Gasteiger partial charge in [-0.3, -0.25) is 0 Å². The Morgan fingerprint density at radius 1 is 1.24 bits per heavy atom. The first-order valence-electron chi connectivity index (χ1n) is 7.52. The number of rotatable bonds is 9. The zero-order valence-electron chi connectivity index (χ0n) is 14.2. The fourth-order valence-corrected chi connectivity index (χ4v) is 2.05. The van der Waals surface area contributed by atoms with Gasteiger partial charge in [-0.05, 0) is 33.4 Å². The number of ether oxygens (including phenoxy) is 3. The van der Waals surface area contributed by atoms with Crippen molar-refractivity contribution in [3.63, 3.8) is 0 Å². The molecular weight excluding hydrogens is 266 g/mol. The quantitative estimate of drug-likeness (QED) is 0.756. The second kappa shape index (κ2) is 8.25. The molecule has 1 unspecified atom stereocenters. The minimum Gasteiger partial charge on any atom is -0.497 e. The van der Waals surface area contributed by atoms with E-state index >= 15 is 0 Å². The lowest BCUT2D eigenvalue weighted by molar-refractivity contribution is 0.00534. The molecule has 21 heavy (non-hydrogen) atoms. The average Bonchev–Trinajstić information content (AvgIpc) is 2.47. The van der Waals surface area contributed by atoms with Crippen molar-refractivity contribution in [1.82, 2.24) is 5.32 Å². The molecule has 0 aliphatic carbocycles. The highest BCUT2D eigenvalue weighted by atomic mass is 16.5. The predicted molar refractivity (Wildman–Crippen MR) is 86.3 cm³/mol. The molecule has 0 radical (unpaired) electrons. The zero-order chi connectivity index (χ0) is 15.9. The average molecular weight is 295 g/mol. The van der Waals surface area contributed by atoms with Gasteiger partial charge in [0.15, 0.2) is 0 Å². The highest BCUT2D eigenvalue weighted by Crippen LogP contribution is 2.30. The predicted octanol–water partition coefficient (Wildman–Crippen LogP) is 3.56. The van der Waals surface area contributed by atoms with Crippen LogP contribution in [0.15, 0.2) is 18.2 Å². The number of methoxy groups -OCH3 is 2. The summed E-state index contributed by atoms with van der Waals surface area (Å²) in [7, 11) is 3.39. The van der Waals surface area contributed by atoms with E-state index in [4.69, 9.17) is 14.2 Å². The van der Waals surface area contributed by atoms with Crippen LogP contribution in [0.1, 0.15) is 45.7 Å². The van der Waals surface area contributed by atoms with E-state index < -0.39 is 0 Å². The lowest BCUT2D eigenvalue weighted by Gasteiger charge is -2.24. The summed E-state index contributed by atoms with van der Waals surface area (Å²) >= 11 is 0. The Morgan fingerprint density at radius 2 is 1.95 bits per heavy atom.